The Morgan fingerprint density at radius 2 is 2.04 bits per heavy atom. The molecule has 1 aromatic carbocycles. The molecule has 9 heteroatoms. The van der Waals surface area contributed by atoms with Crippen LogP contribution >= 0.6 is 11.3 Å². The Kier molecular flexibility index (Phi) is 3.62. The van der Waals surface area contributed by atoms with Crippen LogP contribution in [0, 0.1) is 6.92 Å². The normalized spacial score (nSPS) is 11.1. The van der Waals surface area contributed by atoms with Gasteiger partial charge in [0, 0.05) is 6.07 Å². The first kappa shape index (κ1) is 14.6. The summed E-state index contributed by atoms with van der Waals surface area (Å²) in [7, 11) is 1.61. The molecule has 0 saturated heterocycles. The summed E-state index contributed by atoms with van der Waals surface area (Å²) in [6, 6.07) is 9.27. The minimum absolute atomic E-state index is 0.311. The van der Waals surface area contributed by atoms with Crippen molar-refractivity contribution in [3.8, 4) is 23.0 Å². The van der Waals surface area contributed by atoms with Crippen molar-refractivity contribution < 1.29 is 14.0 Å². The first-order valence-electron chi connectivity index (χ1n) is 7.15. The van der Waals surface area contributed by atoms with Gasteiger partial charge in [0.2, 0.25) is 10.8 Å². The van der Waals surface area contributed by atoms with E-state index in [1.54, 1.807) is 17.7 Å². The molecule has 0 spiro atoms. The fraction of sp³-hybridized carbons (Fsp3) is 0.200. The van der Waals surface area contributed by atoms with Crippen LogP contribution in [-0.2, 0) is 6.61 Å². The van der Waals surface area contributed by atoms with Gasteiger partial charge >= 0.3 is 0 Å². The Labute approximate surface area is 140 Å². The van der Waals surface area contributed by atoms with Crippen LogP contribution in [0.5, 0.6) is 11.5 Å². The van der Waals surface area contributed by atoms with Gasteiger partial charge in [-0.05, 0) is 19.1 Å². The number of ether oxygens (including phenoxy) is 2. The van der Waals surface area contributed by atoms with Crippen LogP contribution in [0.2, 0.25) is 0 Å². The molecule has 3 heterocycles. The minimum atomic E-state index is 0.311. The molecule has 3 aromatic heterocycles. The van der Waals surface area contributed by atoms with Gasteiger partial charge in [-0.1, -0.05) is 28.6 Å². The summed E-state index contributed by atoms with van der Waals surface area (Å²) in [5.74, 6) is 2.59. The number of fused-ring (bicyclic) bond motifs is 1. The smallest absolute Gasteiger partial charge is 0.235 e. The third kappa shape index (κ3) is 2.58. The predicted molar refractivity (Wildman–Crippen MR) is 86.2 cm³/mol. The summed E-state index contributed by atoms with van der Waals surface area (Å²) in [6.45, 7) is 2.13. The Morgan fingerprint density at radius 3 is 2.79 bits per heavy atom. The van der Waals surface area contributed by atoms with Crippen LogP contribution in [0.25, 0.3) is 16.5 Å². The lowest BCUT2D eigenvalue weighted by atomic mass is 10.3. The average molecular weight is 343 g/mol. The molecule has 0 atom stereocenters. The number of methoxy groups -OCH3 is 1. The molecule has 0 amide bonds. The van der Waals surface area contributed by atoms with Crippen molar-refractivity contribution in [3.05, 3.63) is 41.1 Å². The molecular formula is C15H13N5O3S. The highest BCUT2D eigenvalue weighted by atomic mass is 32.1. The lowest BCUT2D eigenvalue weighted by Gasteiger charge is -2.08. The molecule has 122 valence electrons. The number of hydrogen-bond acceptors (Lipinski definition) is 8. The lowest BCUT2D eigenvalue weighted by Crippen LogP contribution is -1.99. The molecule has 0 bridgehead atoms. The maximum atomic E-state index is 5.79. The van der Waals surface area contributed by atoms with Crippen molar-refractivity contribution in [3.63, 3.8) is 0 Å². The van der Waals surface area contributed by atoms with Crippen LogP contribution in [0.15, 0.2) is 34.9 Å². The summed E-state index contributed by atoms with van der Waals surface area (Å²) in [6.07, 6.45) is 0. The molecule has 4 rings (SSSR count). The number of benzene rings is 1. The summed E-state index contributed by atoms with van der Waals surface area (Å²) in [5, 5.41) is 17.4. The van der Waals surface area contributed by atoms with Gasteiger partial charge in [-0.2, -0.15) is 9.61 Å². The van der Waals surface area contributed by atoms with Gasteiger partial charge in [-0.3, -0.25) is 0 Å². The van der Waals surface area contributed by atoms with Crippen LogP contribution in [-0.4, -0.2) is 32.1 Å². The van der Waals surface area contributed by atoms with E-state index in [0.717, 1.165) is 5.01 Å². The molecule has 0 radical (unpaired) electrons. The Morgan fingerprint density at radius 1 is 1.21 bits per heavy atom. The number of hydrogen-bond donors (Lipinski definition) is 0. The van der Waals surface area contributed by atoms with E-state index in [4.69, 9.17) is 14.0 Å². The molecule has 0 aliphatic heterocycles. The molecule has 4 aromatic rings. The summed E-state index contributed by atoms with van der Waals surface area (Å²) >= 11 is 1.41. The van der Waals surface area contributed by atoms with Crippen LogP contribution in [0.4, 0.5) is 0 Å². The second-order valence-electron chi connectivity index (χ2n) is 4.98. The van der Waals surface area contributed by atoms with Crippen LogP contribution < -0.4 is 9.47 Å². The van der Waals surface area contributed by atoms with Crippen molar-refractivity contribution >= 4 is 16.3 Å². The molecule has 0 N–H and O–H groups in total. The zero-order valence-corrected chi connectivity index (χ0v) is 13.8. The first-order valence-corrected chi connectivity index (χ1v) is 7.97. The van der Waals surface area contributed by atoms with Gasteiger partial charge in [0.25, 0.3) is 0 Å². The topological polar surface area (TPSA) is 87.6 Å². The SMILES string of the molecule is COc1ccccc1OCc1nn2c(-c3cc(C)on3)nnc2s1. The third-order valence-electron chi connectivity index (χ3n) is 3.31. The van der Waals surface area contributed by atoms with Crippen molar-refractivity contribution in [1.29, 1.82) is 0 Å². The van der Waals surface area contributed by atoms with Crippen molar-refractivity contribution in [2.45, 2.75) is 13.5 Å². The van der Waals surface area contributed by atoms with Crippen molar-refractivity contribution in [1.82, 2.24) is 25.0 Å². The van der Waals surface area contributed by atoms with E-state index in [0.29, 0.717) is 40.3 Å². The number of para-hydroxylation sites is 2. The van der Waals surface area contributed by atoms with E-state index in [2.05, 4.69) is 20.5 Å². The fourth-order valence-corrected chi connectivity index (χ4v) is 2.97. The van der Waals surface area contributed by atoms with Crippen molar-refractivity contribution in [2.75, 3.05) is 7.11 Å². The van der Waals surface area contributed by atoms with E-state index >= 15 is 0 Å². The molecule has 0 fully saturated rings. The molecule has 0 aliphatic carbocycles. The maximum absolute atomic E-state index is 5.79. The second kappa shape index (κ2) is 5.93. The highest BCUT2D eigenvalue weighted by molar-refractivity contribution is 7.16. The zero-order valence-electron chi connectivity index (χ0n) is 13.0. The number of rotatable bonds is 5. The maximum Gasteiger partial charge on any atom is 0.235 e. The summed E-state index contributed by atoms with van der Waals surface area (Å²) < 4.78 is 17.8. The highest BCUT2D eigenvalue weighted by Crippen LogP contribution is 2.27. The largest absolute Gasteiger partial charge is 0.493 e. The van der Waals surface area contributed by atoms with E-state index in [1.807, 2.05) is 31.2 Å². The van der Waals surface area contributed by atoms with Gasteiger partial charge in [0.05, 0.1) is 7.11 Å². The Bertz CT molecular complexity index is 990. The van der Waals surface area contributed by atoms with E-state index in [9.17, 15) is 0 Å². The Hall–Kier alpha value is -2.94. The number of aromatic nitrogens is 5. The third-order valence-corrected chi connectivity index (χ3v) is 4.18. The van der Waals surface area contributed by atoms with Crippen LogP contribution in [0.3, 0.4) is 0 Å². The van der Waals surface area contributed by atoms with Gasteiger partial charge < -0.3 is 14.0 Å². The predicted octanol–water partition coefficient (Wildman–Crippen LogP) is 2.74. The second-order valence-corrected chi connectivity index (χ2v) is 6.02. The van der Waals surface area contributed by atoms with Gasteiger partial charge in [0.15, 0.2) is 22.2 Å². The summed E-state index contributed by atoms with van der Waals surface area (Å²) in [4.78, 5) is 0.671. The molecule has 0 aliphatic rings. The minimum Gasteiger partial charge on any atom is -0.493 e. The lowest BCUT2D eigenvalue weighted by molar-refractivity contribution is 0.283. The quantitative estimate of drug-likeness (QED) is 0.550. The summed E-state index contributed by atoms with van der Waals surface area (Å²) in [5.41, 5.74) is 0.600. The van der Waals surface area contributed by atoms with Gasteiger partial charge in [-0.15, -0.1) is 10.2 Å². The zero-order chi connectivity index (χ0) is 16.5. The van der Waals surface area contributed by atoms with E-state index < -0.39 is 0 Å². The molecule has 8 nitrogen and oxygen atoms in total. The standard InChI is InChI=1S/C15H13N5O3S/c1-9-7-10(19-23-9)14-16-17-15-20(14)18-13(24-15)8-22-12-6-4-3-5-11(12)21-2/h3-7H,8H2,1-2H3. The van der Waals surface area contributed by atoms with E-state index in [1.165, 1.54) is 11.3 Å². The molecule has 24 heavy (non-hydrogen) atoms. The highest BCUT2D eigenvalue weighted by Gasteiger charge is 2.16. The Balaban J connectivity index is 1.59. The first-order chi connectivity index (χ1) is 11.7. The van der Waals surface area contributed by atoms with Gasteiger partial charge in [0.1, 0.15) is 12.4 Å². The van der Waals surface area contributed by atoms with E-state index in [-0.39, 0.29) is 0 Å². The average Bonchev–Trinajstić information content (AvgIpc) is 3.28. The molecular weight excluding hydrogens is 330 g/mol. The molecule has 0 saturated carbocycles. The van der Waals surface area contributed by atoms with Gasteiger partial charge in [-0.25, -0.2) is 0 Å². The van der Waals surface area contributed by atoms with Crippen molar-refractivity contribution in [2.24, 2.45) is 0 Å². The fourth-order valence-electron chi connectivity index (χ4n) is 2.22. The van der Waals surface area contributed by atoms with Crippen LogP contribution in [0.1, 0.15) is 10.8 Å². The number of aryl methyl sites for hydroxylation is 1. The monoisotopic (exact) mass is 343 g/mol. The number of nitrogens with zero attached hydrogens (tertiary/aromatic N) is 5. The molecule has 0 unspecified atom stereocenters.